The maximum atomic E-state index is 12.3. The molecule has 0 spiro atoms. The van der Waals surface area contributed by atoms with E-state index in [4.69, 9.17) is 17.3 Å². The highest BCUT2D eigenvalue weighted by atomic mass is 35.5. The number of halogens is 1. The van der Waals surface area contributed by atoms with Crippen molar-refractivity contribution >= 4 is 17.5 Å². The Morgan fingerprint density at radius 2 is 1.65 bits per heavy atom. The van der Waals surface area contributed by atoms with Gasteiger partial charge in [-0.3, -0.25) is 9.69 Å². The summed E-state index contributed by atoms with van der Waals surface area (Å²) < 4.78 is 0. The lowest BCUT2D eigenvalue weighted by atomic mass is 9.96. The number of hydrogen-bond acceptors (Lipinski definition) is 3. The number of carbonyl (C=O) groups is 1. The van der Waals surface area contributed by atoms with Crippen LogP contribution < -0.4 is 5.73 Å². The van der Waals surface area contributed by atoms with Crippen molar-refractivity contribution in [2.75, 3.05) is 26.2 Å². The topological polar surface area (TPSA) is 49.6 Å². The number of amides is 1. The fraction of sp³-hybridized carbons (Fsp3) is 0.381. The van der Waals surface area contributed by atoms with Crippen LogP contribution in [0.1, 0.15) is 30.5 Å². The summed E-state index contributed by atoms with van der Waals surface area (Å²) >= 11 is 6.52. The van der Waals surface area contributed by atoms with Crippen LogP contribution in [0.2, 0.25) is 5.02 Å². The van der Waals surface area contributed by atoms with Crippen molar-refractivity contribution in [1.29, 1.82) is 0 Å². The second-order valence-corrected chi connectivity index (χ2v) is 7.34. The summed E-state index contributed by atoms with van der Waals surface area (Å²) in [5.41, 5.74) is 8.10. The number of nitrogens with zero attached hydrogens (tertiary/aromatic N) is 2. The highest BCUT2D eigenvalue weighted by molar-refractivity contribution is 6.31. The molecule has 0 bridgehead atoms. The van der Waals surface area contributed by atoms with E-state index in [1.807, 2.05) is 36.1 Å². The van der Waals surface area contributed by atoms with Gasteiger partial charge < -0.3 is 10.6 Å². The Morgan fingerprint density at radius 1 is 1.04 bits per heavy atom. The molecule has 3 rings (SSSR count). The molecule has 0 saturated carbocycles. The minimum absolute atomic E-state index is 0.0931. The molecule has 1 saturated heterocycles. The van der Waals surface area contributed by atoms with Gasteiger partial charge in [-0.05, 0) is 24.1 Å². The zero-order chi connectivity index (χ0) is 18.5. The number of rotatable bonds is 5. The SMILES string of the molecule is CC(N)CC(=O)N1CCN(C(c2ccccc2)c2ccccc2Cl)CC1. The van der Waals surface area contributed by atoms with Crippen molar-refractivity contribution in [3.8, 4) is 0 Å². The summed E-state index contributed by atoms with van der Waals surface area (Å²) in [5, 5.41) is 0.775. The molecule has 1 aliphatic heterocycles. The molecule has 2 unspecified atom stereocenters. The van der Waals surface area contributed by atoms with Crippen LogP contribution in [0.5, 0.6) is 0 Å². The predicted molar refractivity (Wildman–Crippen MR) is 106 cm³/mol. The van der Waals surface area contributed by atoms with Crippen LogP contribution >= 0.6 is 11.6 Å². The van der Waals surface area contributed by atoms with Crippen LogP contribution in [0.15, 0.2) is 54.6 Å². The van der Waals surface area contributed by atoms with Crippen molar-refractivity contribution in [2.24, 2.45) is 5.73 Å². The molecule has 138 valence electrons. The van der Waals surface area contributed by atoms with Crippen LogP contribution in [-0.2, 0) is 4.79 Å². The first-order valence-corrected chi connectivity index (χ1v) is 9.51. The van der Waals surface area contributed by atoms with Gasteiger partial charge in [-0.1, -0.05) is 60.1 Å². The molecule has 4 nitrogen and oxygen atoms in total. The van der Waals surface area contributed by atoms with Gasteiger partial charge in [0.05, 0.1) is 6.04 Å². The number of piperazine rings is 1. The van der Waals surface area contributed by atoms with Crippen LogP contribution in [0, 0.1) is 0 Å². The third-order valence-corrected chi connectivity index (χ3v) is 5.19. The first-order chi connectivity index (χ1) is 12.6. The van der Waals surface area contributed by atoms with Crippen molar-refractivity contribution < 1.29 is 4.79 Å². The Morgan fingerprint density at radius 3 is 2.27 bits per heavy atom. The number of benzene rings is 2. The van der Waals surface area contributed by atoms with Crippen LogP contribution in [0.25, 0.3) is 0 Å². The van der Waals surface area contributed by atoms with E-state index >= 15 is 0 Å². The highest BCUT2D eigenvalue weighted by Crippen LogP contribution is 2.33. The first kappa shape index (κ1) is 18.9. The molecule has 1 fully saturated rings. The third-order valence-electron chi connectivity index (χ3n) is 4.84. The monoisotopic (exact) mass is 371 g/mol. The lowest BCUT2D eigenvalue weighted by Crippen LogP contribution is -2.50. The largest absolute Gasteiger partial charge is 0.340 e. The van der Waals surface area contributed by atoms with Crippen LogP contribution in [0.3, 0.4) is 0 Å². The molecule has 0 aliphatic carbocycles. The summed E-state index contributed by atoms with van der Waals surface area (Å²) in [6, 6.07) is 18.4. The summed E-state index contributed by atoms with van der Waals surface area (Å²) in [4.78, 5) is 16.6. The lowest BCUT2D eigenvalue weighted by molar-refractivity contribution is -0.133. The number of hydrogen-bond donors (Lipinski definition) is 1. The normalized spacial score (nSPS) is 17.7. The Bertz CT molecular complexity index is 727. The van der Waals surface area contributed by atoms with Gasteiger partial charge in [0, 0.05) is 43.7 Å². The zero-order valence-corrected chi connectivity index (χ0v) is 15.9. The molecule has 1 aliphatic rings. The molecular weight excluding hydrogens is 346 g/mol. The van der Waals surface area contributed by atoms with Crippen molar-refractivity contribution in [2.45, 2.75) is 25.4 Å². The van der Waals surface area contributed by atoms with Gasteiger partial charge in [-0.2, -0.15) is 0 Å². The van der Waals surface area contributed by atoms with Crippen LogP contribution in [0.4, 0.5) is 0 Å². The summed E-state index contributed by atoms with van der Waals surface area (Å²) in [6.45, 7) is 4.95. The van der Waals surface area contributed by atoms with Gasteiger partial charge >= 0.3 is 0 Å². The van der Waals surface area contributed by atoms with Crippen molar-refractivity contribution in [3.63, 3.8) is 0 Å². The average molecular weight is 372 g/mol. The standard InChI is InChI=1S/C21H26ClN3O/c1-16(23)15-20(26)24-11-13-25(14-12-24)21(17-7-3-2-4-8-17)18-9-5-6-10-19(18)22/h2-10,16,21H,11-15,23H2,1H3. The molecule has 2 aromatic rings. The molecule has 2 N–H and O–H groups in total. The Labute approximate surface area is 160 Å². The minimum atomic E-state index is -0.0966. The Balaban J connectivity index is 1.79. The maximum Gasteiger partial charge on any atom is 0.224 e. The molecular formula is C21H26ClN3O. The van der Waals surface area contributed by atoms with E-state index in [2.05, 4.69) is 35.2 Å². The van der Waals surface area contributed by atoms with E-state index in [1.54, 1.807) is 0 Å². The average Bonchev–Trinajstić information content (AvgIpc) is 2.64. The Kier molecular flexibility index (Phi) is 6.30. The quantitative estimate of drug-likeness (QED) is 0.877. The second kappa shape index (κ2) is 8.67. The molecule has 26 heavy (non-hydrogen) atoms. The van der Waals surface area contributed by atoms with E-state index in [-0.39, 0.29) is 18.0 Å². The van der Waals surface area contributed by atoms with Gasteiger partial charge in [0.25, 0.3) is 0 Å². The van der Waals surface area contributed by atoms with E-state index in [9.17, 15) is 4.79 Å². The Hall–Kier alpha value is -1.88. The number of nitrogens with two attached hydrogens (primary N) is 1. The van der Waals surface area contributed by atoms with Crippen molar-refractivity contribution in [1.82, 2.24) is 9.80 Å². The van der Waals surface area contributed by atoms with Crippen molar-refractivity contribution in [3.05, 3.63) is 70.7 Å². The number of carbonyl (C=O) groups excluding carboxylic acids is 1. The van der Waals surface area contributed by atoms with Gasteiger partial charge in [0.15, 0.2) is 0 Å². The fourth-order valence-electron chi connectivity index (χ4n) is 3.55. The molecule has 2 atom stereocenters. The highest BCUT2D eigenvalue weighted by Gasteiger charge is 2.29. The summed E-state index contributed by atoms with van der Waals surface area (Å²) in [7, 11) is 0. The second-order valence-electron chi connectivity index (χ2n) is 6.93. The first-order valence-electron chi connectivity index (χ1n) is 9.13. The maximum absolute atomic E-state index is 12.3. The summed E-state index contributed by atoms with van der Waals surface area (Å²) in [5.74, 6) is 0.147. The fourth-order valence-corrected chi connectivity index (χ4v) is 3.79. The van der Waals surface area contributed by atoms with Gasteiger partial charge in [-0.15, -0.1) is 0 Å². The molecule has 1 heterocycles. The van der Waals surface area contributed by atoms with E-state index in [0.29, 0.717) is 6.42 Å². The van der Waals surface area contributed by atoms with E-state index in [1.165, 1.54) is 5.56 Å². The molecule has 2 aromatic carbocycles. The lowest BCUT2D eigenvalue weighted by Gasteiger charge is -2.40. The van der Waals surface area contributed by atoms with E-state index in [0.717, 1.165) is 36.8 Å². The van der Waals surface area contributed by atoms with Gasteiger partial charge in [0.1, 0.15) is 0 Å². The molecule has 5 heteroatoms. The molecule has 1 amide bonds. The summed E-state index contributed by atoms with van der Waals surface area (Å²) in [6.07, 6.45) is 0.409. The zero-order valence-electron chi connectivity index (χ0n) is 15.1. The van der Waals surface area contributed by atoms with E-state index < -0.39 is 0 Å². The molecule has 0 radical (unpaired) electrons. The van der Waals surface area contributed by atoms with Gasteiger partial charge in [-0.25, -0.2) is 0 Å². The van der Waals surface area contributed by atoms with Gasteiger partial charge in [0.2, 0.25) is 5.91 Å². The minimum Gasteiger partial charge on any atom is -0.340 e. The molecule has 0 aromatic heterocycles. The smallest absolute Gasteiger partial charge is 0.224 e. The van der Waals surface area contributed by atoms with Crippen LogP contribution in [-0.4, -0.2) is 47.9 Å². The third kappa shape index (κ3) is 4.44. The predicted octanol–water partition coefficient (Wildman–Crippen LogP) is 3.31.